The third kappa shape index (κ3) is 6.82. The van der Waals surface area contributed by atoms with Crippen LogP contribution in [0.3, 0.4) is 0 Å². The normalized spacial score (nSPS) is 11.2. The number of hydrogen-bond donors (Lipinski definition) is 4. The maximum Gasteiger partial charge on any atom is 0.255 e. The number of carbonyl (C=O) groups excluding carboxylic acids is 1. The lowest BCUT2D eigenvalue weighted by Crippen LogP contribution is -2.14. The van der Waals surface area contributed by atoms with Gasteiger partial charge in [-0.3, -0.25) is 4.79 Å². The number of amides is 1. The van der Waals surface area contributed by atoms with Crippen molar-refractivity contribution in [3.63, 3.8) is 0 Å². The molecule has 0 saturated carbocycles. The smallest absolute Gasteiger partial charge is 0.255 e. The first-order valence-electron chi connectivity index (χ1n) is 11.1. The first-order chi connectivity index (χ1) is 18.0. The molecular formula is C26H24N4O6S. The maximum atomic E-state index is 12.7. The van der Waals surface area contributed by atoms with Crippen LogP contribution in [-0.2, 0) is 9.37 Å². The summed E-state index contributed by atoms with van der Waals surface area (Å²) in [6.07, 6.45) is 0. The molecule has 0 aliphatic rings. The highest BCUT2D eigenvalue weighted by Gasteiger charge is 2.13. The number of fused-ring (bicyclic) bond motifs is 1. The molecule has 11 heteroatoms. The first-order valence-corrected chi connectivity index (χ1v) is 11.9. The zero-order valence-electron chi connectivity index (χ0n) is 19.7. The monoisotopic (exact) mass is 520 g/mol. The Morgan fingerprint density at radius 1 is 1.00 bits per heavy atom. The summed E-state index contributed by atoms with van der Waals surface area (Å²) in [6, 6.07) is 21.2. The Bertz CT molecular complexity index is 1430. The molecule has 4 rings (SSSR count). The van der Waals surface area contributed by atoms with Gasteiger partial charge in [0.15, 0.2) is 0 Å². The van der Waals surface area contributed by atoms with Crippen molar-refractivity contribution < 1.29 is 29.3 Å². The van der Waals surface area contributed by atoms with Gasteiger partial charge in [-0.15, -0.1) is 4.33 Å². The van der Waals surface area contributed by atoms with Crippen molar-refractivity contribution >= 4 is 51.5 Å². The van der Waals surface area contributed by atoms with Crippen molar-refractivity contribution in [1.29, 1.82) is 0 Å². The van der Waals surface area contributed by atoms with Crippen LogP contribution in [0.5, 0.6) is 5.75 Å². The molecule has 1 amide bonds. The van der Waals surface area contributed by atoms with Crippen molar-refractivity contribution in [2.75, 3.05) is 24.3 Å². The Kier molecular flexibility index (Phi) is 8.67. The minimum Gasteiger partial charge on any atom is -0.489 e. The van der Waals surface area contributed by atoms with Crippen LogP contribution in [0.4, 0.5) is 22.7 Å². The van der Waals surface area contributed by atoms with Crippen LogP contribution in [0.15, 0.2) is 87.9 Å². The number of ether oxygens (including phenoxy) is 1. The second kappa shape index (κ2) is 12.3. The van der Waals surface area contributed by atoms with Crippen LogP contribution in [0, 0.1) is 6.92 Å². The van der Waals surface area contributed by atoms with Gasteiger partial charge < -0.3 is 20.9 Å². The third-order valence-electron chi connectivity index (χ3n) is 5.30. The Morgan fingerprint density at radius 2 is 1.76 bits per heavy atom. The number of aliphatic hydroxyl groups is 1. The highest BCUT2D eigenvalue weighted by atomic mass is 32.2. The SMILES string of the molecule is Cc1cc(NC(=O)c2ccc(N)cc2)c(OCCO)cc1N=Nc1ccc2cc(SOOO)ccc2c1. The van der Waals surface area contributed by atoms with Crippen molar-refractivity contribution in [2.45, 2.75) is 11.8 Å². The van der Waals surface area contributed by atoms with E-state index in [4.69, 9.17) is 15.7 Å². The van der Waals surface area contributed by atoms with Gasteiger partial charge in [0.2, 0.25) is 0 Å². The molecule has 0 saturated heterocycles. The molecule has 0 aliphatic carbocycles. The molecule has 0 spiro atoms. The predicted octanol–water partition coefficient (Wildman–Crippen LogP) is 6.20. The summed E-state index contributed by atoms with van der Waals surface area (Å²) in [5.41, 5.74) is 9.11. The molecule has 0 heterocycles. The van der Waals surface area contributed by atoms with Gasteiger partial charge in [0.25, 0.3) is 5.91 Å². The Labute approximate surface area is 216 Å². The number of nitrogen functional groups attached to an aromatic ring is 1. The zero-order valence-corrected chi connectivity index (χ0v) is 20.6. The van der Waals surface area contributed by atoms with Gasteiger partial charge in [-0.25, -0.2) is 5.26 Å². The predicted molar refractivity (Wildman–Crippen MR) is 141 cm³/mol. The number of hydrogen-bond acceptors (Lipinski definition) is 10. The molecule has 0 aromatic heterocycles. The van der Waals surface area contributed by atoms with Gasteiger partial charge in [0, 0.05) is 22.2 Å². The van der Waals surface area contributed by atoms with Crippen LogP contribution >= 0.6 is 12.0 Å². The van der Waals surface area contributed by atoms with Crippen molar-refractivity contribution in [1.82, 2.24) is 0 Å². The van der Waals surface area contributed by atoms with Crippen LogP contribution < -0.4 is 15.8 Å². The molecule has 4 aromatic carbocycles. The highest BCUT2D eigenvalue weighted by Crippen LogP contribution is 2.35. The average molecular weight is 521 g/mol. The molecule has 5 N–H and O–H groups in total. The molecule has 37 heavy (non-hydrogen) atoms. The van der Waals surface area contributed by atoms with E-state index in [0.717, 1.165) is 33.3 Å². The lowest BCUT2D eigenvalue weighted by Gasteiger charge is -2.14. The van der Waals surface area contributed by atoms with Crippen LogP contribution in [0.2, 0.25) is 0 Å². The number of aryl methyl sites for hydroxylation is 1. The van der Waals surface area contributed by atoms with E-state index in [1.165, 1.54) is 0 Å². The summed E-state index contributed by atoms with van der Waals surface area (Å²) in [5.74, 6) is 0.0332. The molecule has 4 aromatic rings. The van der Waals surface area contributed by atoms with E-state index in [1.807, 2.05) is 43.3 Å². The molecular weight excluding hydrogens is 496 g/mol. The lowest BCUT2D eigenvalue weighted by molar-refractivity contribution is -0.432. The fourth-order valence-corrected chi connectivity index (χ4v) is 3.89. The number of nitrogens with zero attached hydrogens (tertiary/aromatic N) is 2. The Hall–Kier alpha value is -4.00. The van der Waals surface area contributed by atoms with Gasteiger partial charge in [0.1, 0.15) is 12.4 Å². The molecule has 0 bridgehead atoms. The van der Waals surface area contributed by atoms with Crippen molar-refractivity contribution in [3.05, 3.63) is 83.9 Å². The van der Waals surface area contributed by atoms with E-state index < -0.39 is 0 Å². The number of azo groups is 1. The molecule has 0 radical (unpaired) electrons. The van der Waals surface area contributed by atoms with Crippen LogP contribution in [-0.4, -0.2) is 29.5 Å². The summed E-state index contributed by atoms with van der Waals surface area (Å²) < 4.78 is 10.1. The second-order valence-corrected chi connectivity index (χ2v) is 8.68. The largest absolute Gasteiger partial charge is 0.489 e. The van der Waals surface area contributed by atoms with Crippen molar-refractivity contribution in [2.24, 2.45) is 10.2 Å². The van der Waals surface area contributed by atoms with Gasteiger partial charge in [0.05, 0.1) is 35.7 Å². The van der Waals surface area contributed by atoms with Crippen LogP contribution in [0.25, 0.3) is 10.8 Å². The van der Waals surface area contributed by atoms with Gasteiger partial charge >= 0.3 is 0 Å². The molecule has 0 unspecified atom stereocenters. The number of benzene rings is 4. The van der Waals surface area contributed by atoms with Crippen molar-refractivity contribution in [3.8, 4) is 5.75 Å². The number of anilines is 2. The van der Waals surface area contributed by atoms with E-state index in [0.29, 0.717) is 34.1 Å². The summed E-state index contributed by atoms with van der Waals surface area (Å²) in [7, 11) is 0. The van der Waals surface area contributed by atoms with E-state index in [2.05, 4.69) is 24.9 Å². The van der Waals surface area contributed by atoms with Crippen LogP contribution in [0.1, 0.15) is 15.9 Å². The standard InChI is InChI=1S/C26H24N4O6S/c1-16-12-24(28-26(32)17-2-6-20(27)7-3-17)25(34-11-10-31)15-23(16)30-29-21-8-4-19-14-22(37-36-35-33)9-5-18(19)13-21/h2-9,12-15,31,33H,10-11,27H2,1H3,(H,28,32). The van der Waals surface area contributed by atoms with E-state index >= 15 is 0 Å². The molecule has 190 valence electrons. The Balaban J connectivity index is 1.56. The minimum atomic E-state index is -0.323. The second-order valence-electron chi connectivity index (χ2n) is 7.90. The summed E-state index contributed by atoms with van der Waals surface area (Å²) >= 11 is 0.886. The fourth-order valence-electron chi connectivity index (χ4n) is 3.48. The van der Waals surface area contributed by atoms with Gasteiger partial charge in [-0.1, -0.05) is 17.2 Å². The van der Waals surface area contributed by atoms with E-state index in [9.17, 15) is 9.90 Å². The summed E-state index contributed by atoms with van der Waals surface area (Å²) in [4.78, 5) is 13.5. The minimum absolute atomic E-state index is 0.0464. The molecule has 10 nitrogen and oxygen atoms in total. The summed E-state index contributed by atoms with van der Waals surface area (Å²) in [5, 5.41) is 34.7. The Morgan fingerprint density at radius 3 is 2.51 bits per heavy atom. The molecule has 0 fully saturated rings. The topological polar surface area (TPSA) is 148 Å². The molecule has 0 atom stereocenters. The average Bonchev–Trinajstić information content (AvgIpc) is 2.91. The number of carbonyl (C=O) groups is 1. The number of nitrogens with one attached hydrogen (secondary N) is 1. The van der Waals surface area contributed by atoms with Gasteiger partial charge in [-0.2, -0.15) is 10.2 Å². The highest BCUT2D eigenvalue weighted by molar-refractivity contribution is 7.94. The quantitative estimate of drug-likeness (QED) is 0.0635. The lowest BCUT2D eigenvalue weighted by atomic mass is 10.1. The van der Waals surface area contributed by atoms with E-state index in [-0.39, 0.29) is 19.1 Å². The maximum absolute atomic E-state index is 12.7. The molecule has 0 aliphatic heterocycles. The first kappa shape index (κ1) is 26.1. The number of nitrogens with two attached hydrogens (primary N) is 1. The van der Waals surface area contributed by atoms with Gasteiger partial charge in [-0.05, 0) is 77.9 Å². The summed E-state index contributed by atoms with van der Waals surface area (Å²) in [6.45, 7) is 1.71. The fraction of sp³-hybridized carbons (Fsp3) is 0.115. The van der Waals surface area contributed by atoms with E-state index in [1.54, 1.807) is 36.4 Å². The third-order valence-corrected chi connectivity index (χ3v) is 5.87. The zero-order chi connectivity index (χ0) is 26.2. The number of aliphatic hydroxyl groups excluding tert-OH is 1. The number of rotatable bonds is 10.